The fraction of sp³-hybridized carbons (Fsp3) is 0.222. The highest BCUT2D eigenvalue weighted by Crippen LogP contribution is 2.18. The number of hydrogen-bond acceptors (Lipinski definition) is 4. The first-order valence-electron chi connectivity index (χ1n) is 7.51. The number of rotatable bonds is 6. The Bertz CT molecular complexity index is 744. The zero-order valence-corrected chi connectivity index (χ0v) is 13.6. The number of aryl methyl sites for hydroxylation is 1. The summed E-state index contributed by atoms with van der Waals surface area (Å²) >= 11 is 0. The molecule has 0 spiro atoms. The zero-order valence-electron chi connectivity index (χ0n) is 13.6. The summed E-state index contributed by atoms with van der Waals surface area (Å²) in [7, 11) is 1.53. The molecule has 0 aromatic heterocycles. The Labute approximate surface area is 140 Å². The highest BCUT2D eigenvalue weighted by atomic mass is 16.5. The minimum atomic E-state index is -0.386. The molecule has 2 aromatic carbocycles. The van der Waals surface area contributed by atoms with Crippen molar-refractivity contribution >= 4 is 11.8 Å². The lowest BCUT2D eigenvalue weighted by Gasteiger charge is -2.09. The summed E-state index contributed by atoms with van der Waals surface area (Å²) in [6.45, 7) is 2.35. The van der Waals surface area contributed by atoms with Crippen molar-refractivity contribution in [3.63, 3.8) is 0 Å². The summed E-state index contributed by atoms with van der Waals surface area (Å²) in [5.41, 5.74) is 1.56. The Morgan fingerprint density at radius 1 is 1.04 bits per heavy atom. The second-order valence-electron chi connectivity index (χ2n) is 5.26. The zero-order chi connectivity index (χ0) is 17.5. The highest BCUT2D eigenvalue weighted by Gasteiger charge is 2.11. The average molecular weight is 328 g/mol. The van der Waals surface area contributed by atoms with Crippen molar-refractivity contribution in [1.82, 2.24) is 10.6 Å². The van der Waals surface area contributed by atoms with Crippen LogP contribution in [0.5, 0.6) is 11.5 Å². The Morgan fingerprint density at radius 3 is 2.42 bits per heavy atom. The first-order valence-corrected chi connectivity index (χ1v) is 7.51. The summed E-state index contributed by atoms with van der Waals surface area (Å²) in [5, 5.41) is 15.1. The van der Waals surface area contributed by atoms with Gasteiger partial charge in [-0.1, -0.05) is 12.1 Å². The molecule has 2 aromatic rings. The predicted octanol–water partition coefficient (Wildman–Crippen LogP) is 1.87. The Kier molecular flexibility index (Phi) is 5.78. The maximum absolute atomic E-state index is 12.0. The number of benzene rings is 2. The molecule has 6 heteroatoms. The Hall–Kier alpha value is -3.02. The van der Waals surface area contributed by atoms with Gasteiger partial charge in [0.25, 0.3) is 11.8 Å². The molecule has 0 unspecified atom stereocenters. The molecule has 2 amide bonds. The van der Waals surface area contributed by atoms with Crippen molar-refractivity contribution in [1.29, 1.82) is 0 Å². The van der Waals surface area contributed by atoms with Crippen molar-refractivity contribution < 1.29 is 19.4 Å². The molecule has 0 heterocycles. The normalized spacial score (nSPS) is 10.1. The van der Waals surface area contributed by atoms with Crippen LogP contribution in [-0.4, -0.2) is 37.1 Å². The van der Waals surface area contributed by atoms with Gasteiger partial charge in [-0.25, -0.2) is 0 Å². The number of methoxy groups -OCH3 is 1. The number of ether oxygens (including phenoxy) is 1. The monoisotopic (exact) mass is 328 g/mol. The number of carbonyl (C=O) groups excluding carboxylic acids is 2. The van der Waals surface area contributed by atoms with Gasteiger partial charge in [0.1, 0.15) is 11.5 Å². The molecule has 0 atom stereocenters. The second-order valence-corrected chi connectivity index (χ2v) is 5.26. The first-order chi connectivity index (χ1) is 11.5. The van der Waals surface area contributed by atoms with Gasteiger partial charge in [-0.05, 0) is 42.8 Å². The molecule has 0 bridgehead atoms. The molecule has 6 nitrogen and oxygen atoms in total. The number of hydrogen-bond donors (Lipinski definition) is 3. The van der Waals surface area contributed by atoms with Gasteiger partial charge in [0, 0.05) is 18.7 Å². The smallest absolute Gasteiger partial charge is 0.255 e. The highest BCUT2D eigenvalue weighted by molar-refractivity contribution is 5.97. The van der Waals surface area contributed by atoms with E-state index in [0.717, 1.165) is 5.56 Å². The minimum absolute atomic E-state index is 0.0621. The van der Waals surface area contributed by atoms with Gasteiger partial charge in [-0.3, -0.25) is 9.59 Å². The third kappa shape index (κ3) is 4.49. The topological polar surface area (TPSA) is 87.7 Å². The van der Waals surface area contributed by atoms with Crippen LogP contribution in [0, 0.1) is 6.92 Å². The lowest BCUT2D eigenvalue weighted by atomic mass is 10.1. The second kappa shape index (κ2) is 8.01. The fourth-order valence-electron chi connectivity index (χ4n) is 2.15. The van der Waals surface area contributed by atoms with Crippen LogP contribution in [0.1, 0.15) is 26.3 Å². The van der Waals surface area contributed by atoms with Gasteiger partial charge in [0.15, 0.2) is 0 Å². The minimum Gasteiger partial charge on any atom is -0.507 e. The number of nitrogens with one attached hydrogen (secondary N) is 2. The van der Waals surface area contributed by atoms with Crippen molar-refractivity contribution in [2.45, 2.75) is 6.92 Å². The number of phenols is 1. The molecule has 3 N–H and O–H groups in total. The molecular formula is C18H20N2O4. The quantitative estimate of drug-likeness (QED) is 0.707. The SMILES string of the molecule is COc1cccc(C(=O)NCCNC(=O)c2ccc(C)cc2O)c1. The lowest BCUT2D eigenvalue weighted by Crippen LogP contribution is -2.34. The molecule has 0 aliphatic rings. The van der Waals surface area contributed by atoms with Gasteiger partial charge in [0.05, 0.1) is 12.7 Å². The van der Waals surface area contributed by atoms with E-state index in [9.17, 15) is 14.7 Å². The van der Waals surface area contributed by atoms with E-state index in [0.29, 0.717) is 11.3 Å². The molecule has 24 heavy (non-hydrogen) atoms. The van der Waals surface area contributed by atoms with Crippen LogP contribution >= 0.6 is 0 Å². The Balaban J connectivity index is 1.81. The molecule has 2 rings (SSSR count). The van der Waals surface area contributed by atoms with Gasteiger partial charge >= 0.3 is 0 Å². The molecule has 0 saturated carbocycles. The van der Waals surface area contributed by atoms with E-state index < -0.39 is 0 Å². The predicted molar refractivity (Wildman–Crippen MR) is 90.5 cm³/mol. The summed E-state index contributed by atoms with van der Waals surface area (Å²) in [4.78, 5) is 24.0. The van der Waals surface area contributed by atoms with E-state index in [2.05, 4.69) is 10.6 Å². The maximum Gasteiger partial charge on any atom is 0.255 e. The van der Waals surface area contributed by atoms with Crippen LogP contribution in [-0.2, 0) is 0 Å². The molecule has 0 fully saturated rings. The van der Waals surface area contributed by atoms with E-state index in [1.165, 1.54) is 13.2 Å². The third-order valence-corrected chi connectivity index (χ3v) is 3.43. The number of carbonyl (C=O) groups is 2. The van der Waals surface area contributed by atoms with Gasteiger partial charge in [-0.15, -0.1) is 0 Å². The van der Waals surface area contributed by atoms with E-state index in [1.807, 2.05) is 6.92 Å². The largest absolute Gasteiger partial charge is 0.507 e. The number of phenolic OH excluding ortho intramolecular Hbond substituents is 1. The molecule has 0 saturated heterocycles. The summed E-state index contributed by atoms with van der Waals surface area (Å²) in [6, 6.07) is 11.6. The van der Waals surface area contributed by atoms with Gasteiger partial charge < -0.3 is 20.5 Å². The summed E-state index contributed by atoms with van der Waals surface area (Å²) in [6.07, 6.45) is 0. The van der Waals surface area contributed by atoms with E-state index in [4.69, 9.17) is 4.74 Å². The van der Waals surface area contributed by atoms with Crippen molar-refractivity contribution in [2.75, 3.05) is 20.2 Å². The van der Waals surface area contributed by atoms with Crippen molar-refractivity contribution in [3.05, 3.63) is 59.2 Å². The average Bonchev–Trinajstić information content (AvgIpc) is 2.58. The number of amides is 2. The fourth-order valence-corrected chi connectivity index (χ4v) is 2.15. The first kappa shape index (κ1) is 17.3. The standard InChI is InChI=1S/C18H20N2O4/c1-12-6-7-15(16(21)10-12)18(23)20-9-8-19-17(22)13-4-3-5-14(11-13)24-2/h3-7,10-11,21H,8-9H2,1-2H3,(H,19,22)(H,20,23). The molecule has 0 radical (unpaired) electrons. The van der Waals surface area contributed by atoms with Gasteiger partial charge in [-0.2, -0.15) is 0 Å². The summed E-state index contributed by atoms with van der Waals surface area (Å²) in [5.74, 6) is -0.0943. The molecular weight excluding hydrogens is 308 g/mol. The van der Waals surface area contributed by atoms with Crippen LogP contribution in [0.3, 0.4) is 0 Å². The maximum atomic E-state index is 12.0. The van der Waals surface area contributed by atoms with Crippen LogP contribution in [0.15, 0.2) is 42.5 Å². The molecule has 0 aliphatic carbocycles. The Morgan fingerprint density at radius 2 is 1.75 bits per heavy atom. The third-order valence-electron chi connectivity index (χ3n) is 3.43. The van der Waals surface area contributed by atoms with Crippen LogP contribution in [0.25, 0.3) is 0 Å². The van der Waals surface area contributed by atoms with Crippen molar-refractivity contribution in [2.24, 2.45) is 0 Å². The van der Waals surface area contributed by atoms with E-state index in [1.54, 1.807) is 36.4 Å². The number of aromatic hydroxyl groups is 1. The van der Waals surface area contributed by atoms with E-state index in [-0.39, 0.29) is 36.2 Å². The van der Waals surface area contributed by atoms with Gasteiger partial charge in [0.2, 0.25) is 0 Å². The van der Waals surface area contributed by atoms with Crippen LogP contribution in [0.4, 0.5) is 0 Å². The molecule has 126 valence electrons. The lowest BCUT2D eigenvalue weighted by molar-refractivity contribution is 0.0926. The van der Waals surface area contributed by atoms with Crippen LogP contribution in [0.2, 0.25) is 0 Å². The van der Waals surface area contributed by atoms with Crippen LogP contribution < -0.4 is 15.4 Å². The van der Waals surface area contributed by atoms with E-state index >= 15 is 0 Å². The van der Waals surface area contributed by atoms with Crippen molar-refractivity contribution in [3.8, 4) is 11.5 Å². The molecule has 0 aliphatic heterocycles. The summed E-state index contributed by atoms with van der Waals surface area (Å²) < 4.78 is 5.07.